The van der Waals surface area contributed by atoms with E-state index in [0.717, 1.165) is 0 Å². The monoisotopic (exact) mass is 158 g/mol. The SMILES string of the molecule is COC([Si])(CN=C=O)OC. The zero-order chi connectivity index (χ0) is 8.04. The van der Waals surface area contributed by atoms with E-state index in [1.165, 1.54) is 20.3 Å². The third-order valence-electron chi connectivity index (χ3n) is 1.01. The molecule has 0 aromatic carbocycles. The van der Waals surface area contributed by atoms with Crippen LogP contribution >= 0.6 is 0 Å². The minimum atomic E-state index is -0.989. The maximum absolute atomic E-state index is 9.66. The van der Waals surface area contributed by atoms with Crippen molar-refractivity contribution >= 4 is 16.3 Å². The highest BCUT2D eigenvalue weighted by Crippen LogP contribution is 2.04. The Labute approximate surface area is 62.7 Å². The van der Waals surface area contributed by atoms with Gasteiger partial charge in [0.25, 0.3) is 0 Å². The molecule has 55 valence electrons. The van der Waals surface area contributed by atoms with Crippen LogP contribution in [0.25, 0.3) is 0 Å². The lowest BCUT2D eigenvalue weighted by Gasteiger charge is -2.23. The third-order valence-corrected chi connectivity index (χ3v) is 1.58. The van der Waals surface area contributed by atoms with Crippen molar-refractivity contribution in [2.45, 2.75) is 5.41 Å². The van der Waals surface area contributed by atoms with Crippen LogP contribution in [0.5, 0.6) is 0 Å². The Morgan fingerprint density at radius 3 is 2.40 bits per heavy atom. The summed E-state index contributed by atoms with van der Waals surface area (Å²) in [5.74, 6) is 0. The number of methoxy groups -OCH3 is 2. The fraction of sp³-hybridized carbons (Fsp3) is 0.800. The zero-order valence-electron chi connectivity index (χ0n) is 5.88. The predicted octanol–water partition coefficient (Wildman–Crippen LogP) is -0.563. The van der Waals surface area contributed by atoms with Crippen LogP contribution in [0.2, 0.25) is 0 Å². The highest BCUT2D eigenvalue weighted by atomic mass is 28.1. The fourth-order valence-electron chi connectivity index (χ4n) is 0.349. The molecule has 0 aliphatic rings. The van der Waals surface area contributed by atoms with Crippen molar-refractivity contribution < 1.29 is 14.3 Å². The lowest BCUT2D eigenvalue weighted by atomic mass is 10.6. The third kappa shape index (κ3) is 2.89. The first-order valence-corrected chi connectivity index (χ1v) is 3.07. The number of rotatable bonds is 4. The molecule has 0 bridgehead atoms. The minimum absolute atomic E-state index is 0.0837. The maximum Gasteiger partial charge on any atom is 0.235 e. The number of ether oxygens (including phenoxy) is 2. The van der Waals surface area contributed by atoms with E-state index in [0.29, 0.717) is 0 Å². The molecule has 0 aliphatic carbocycles. The number of aliphatic imine (C=N–C) groups is 1. The second-order valence-corrected chi connectivity index (χ2v) is 2.33. The summed E-state index contributed by atoms with van der Waals surface area (Å²) in [7, 11) is 6.00. The van der Waals surface area contributed by atoms with Crippen molar-refractivity contribution in [2.24, 2.45) is 4.99 Å². The van der Waals surface area contributed by atoms with Gasteiger partial charge in [0.05, 0.1) is 0 Å². The van der Waals surface area contributed by atoms with Gasteiger partial charge in [-0.15, -0.1) is 0 Å². The van der Waals surface area contributed by atoms with Gasteiger partial charge in [-0.25, -0.2) is 9.79 Å². The summed E-state index contributed by atoms with van der Waals surface area (Å²) in [5.41, 5.74) is -0.989. The van der Waals surface area contributed by atoms with Crippen LogP contribution in [0.3, 0.4) is 0 Å². The lowest BCUT2D eigenvalue weighted by molar-refractivity contribution is -0.133. The van der Waals surface area contributed by atoms with Crippen LogP contribution in [0.4, 0.5) is 0 Å². The molecule has 3 radical (unpaired) electrons. The summed E-state index contributed by atoms with van der Waals surface area (Å²) in [5, 5.41) is 0. The van der Waals surface area contributed by atoms with Gasteiger partial charge in [0.15, 0.2) is 5.41 Å². The molecule has 0 unspecified atom stereocenters. The second-order valence-electron chi connectivity index (χ2n) is 1.57. The second kappa shape index (κ2) is 4.35. The summed E-state index contributed by atoms with van der Waals surface area (Å²) in [6.07, 6.45) is 1.38. The topological polar surface area (TPSA) is 47.9 Å². The van der Waals surface area contributed by atoms with Crippen LogP contribution in [-0.4, -0.2) is 42.5 Å². The molecule has 0 saturated carbocycles. The van der Waals surface area contributed by atoms with Crippen LogP contribution in [0.1, 0.15) is 0 Å². The van der Waals surface area contributed by atoms with Crippen molar-refractivity contribution in [1.29, 1.82) is 0 Å². The molecule has 0 heterocycles. The highest BCUT2D eigenvalue weighted by Gasteiger charge is 2.21. The van der Waals surface area contributed by atoms with Gasteiger partial charge in [0, 0.05) is 14.2 Å². The summed E-state index contributed by atoms with van der Waals surface area (Å²) < 4.78 is 9.62. The molecule has 4 nitrogen and oxygen atoms in total. The van der Waals surface area contributed by atoms with E-state index in [1.54, 1.807) is 0 Å². The van der Waals surface area contributed by atoms with E-state index < -0.39 is 5.41 Å². The smallest absolute Gasteiger partial charge is 0.235 e. The quantitative estimate of drug-likeness (QED) is 0.238. The van der Waals surface area contributed by atoms with Crippen molar-refractivity contribution in [1.82, 2.24) is 0 Å². The number of hydrogen-bond donors (Lipinski definition) is 0. The van der Waals surface area contributed by atoms with Crippen LogP contribution in [0.15, 0.2) is 4.99 Å². The van der Waals surface area contributed by atoms with Gasteiger partial charge >= 0.3 is 0 Å². The Morgan fingerprint density at radius 1 is 1.60 bits per heavy atom. The maximum atomic E-state index is 9.66. The number of carbonyl (C=O) groups excluding carboxylic acids is 1. The van der Waals surface area contributed by atoms with Gasteiger partial charge in [-0.05, 0) is 0 Å². The standard InChI is InChI=1S/C5H8NO3Si/c1-8-5(10,9-2)3-6-4-7/h3H2,1-2H3. The molecule has 0 N–H and O–H groups in total. The Kier molecular flexibility index (Phi) is 4.14. The van der Waals surface area contributed by atoms with E-state index in [9.17, 15) is 4.79 Å². The predicted molar refractivity (Wildman–Crippen MR) is 35.5 cm³/mol. The molecule has 0 aromatic heterocycles. The molecule has 0 aromatic rings. The fourth-order valence-corrected chi connectivity index (χ4v) is 0.428. The molecule has 5 heteroatoms. The molecular weight excluding hydrogens is 150 g/mol. The molecule has 0 rings (SSSR count). The van der Waals surface area contributed by atoms with Crippen molar-refractivity contribution in [3.05, 3.63) is 0 Å². The molecule has 10 heavy (non-hydrogen) atoms. The van der Waals surface area contributed by atoms with Gasteiger partial charge in [-0.2, -0.15) is 0 Å². The minimum Gasteiger partial charge on any atom is -0.356 e. The molecule has 0 amide bonds. The molecular formula is C5H8NO3Si. The number of isocyanates is 1. The van der Waals surface area contributed by atoms with Crippen LogP contribution < -0.4 is 0 Å². The average Bonchev–Trinajstić information content (AvgIpc) is 2.00. The van der Waals surface area contributed by atoms with E-state index in [-0.39, 0.29) is 6.54 Å². The first-order chi connectivity index (χ1) is 4.68. The molecule has 0 aliphatic heterocycles. The lowest BCUT2D eigenvalue weighted by Crippen LogP contribution is -2.37. The van der Waals surface area contributed by atoms with Gasteiger partial charge < -0.3 is 9.47 Å². The zero-order valence-corrected chi connectivity index (χ0v) is 6.88. The summed E-state index contributed by atoms with van der Waals surface area (Å²) in [4.78, 5) is 12.9. The van der Waals surface area contributed by atoms with Gasteiger partial charge in [-0.1, -0.05) is 0 Å². The van der Waals surface area contributed by atoms with E-state index in [1.807, 2.05) is 0 Å². The number of hydrogen-bond acceptors (Lipinski definition) is 4. The van der Waals surface area contributed by atoms with E-state index in [4.69, 9.17) is 9.47 Å². The summed E-state index contributed by atoms with van der Waals surface area (Å²) >= 11 is 0. The van der Waals surface area contributed by atoms with Gasteiger partial charge in [0.1, 0.15) is 16.8 Å². The highest BCUT2D eigenvalue weighted by molar-refractivity contribution is 6.13. The normalized spacial score (nSPS) is 10.7. The number of nitrogens with zero attached hydrogens (tertiary/aromatic N) is 1. The Hall–Kier alpha value is -0.483. The first kappa shape index (κ1) is 9.52. The Bertz CT molecular complexity index is 140. The molecule has 0 saturated heterocycles. The molecule has 0 atom stereocenters. The Balaban J connectivity index is 3.92. The molecule has 0 spiro atoms. The van der Waals surface area contributed by atoms with Crippen LogP contribution in [0, 0.1) is 0 Å². The largest absolute Gasteiger partial charge is 0.356 e. The van der Waals surface area contributed by atoms with E-state index >= 15 is 0 Å². The first-order valence-electron chi connectivity index (χ1n) is 2.57. The van der Waals surface area contributed by atoms with Gasteiger partial charge in [0.2, 0.25) is 6.08 Å². The van der Waals surface area contributed by atoms with Crippen LogP contribution in [-0.2, 0) is 14.3 Å². The summed E-state index contributed by atoms with van der Waals surface area (Å²) in [6.45, 7) is 0.0837. The van der Waals surface area contributed by atoms with E-state index in [2.05, 4.69) is 15.2 Å². The van der Waals surface area contributed by atoms with Crippen molar-refractivity contribution in [3.8, 4) is 0 Å². The molecule has 0 fully saturated rings. The van der Waals surface area contributed by atoms with Gasteiger partial charge in [-0.3, -0.25) is 0 Å². The van der Waals surface area contributed by atoms with Crippen molar-refractivity contribution in [2.75, 3.05) is 20.8 Å². The summed E-state index contributed by atoms with van der Waals surface area (Å²) in [6, 6.07) is 0. The Morgan fingerprint density at radius 2 is 2.10 bits per heavy atom. The van der Waals surface area contributed by atoms with Crippen molar-refractivity contribution in [3.63, 3.8) is 0 Å². The average molecular weight is 158 g/mol.